The summed E-state index contributed by atoms with van der Waals surface area (Å²) in [6, 6.07) is 0.941. The Kier molecular flexibility index (Phi) is 3.78. The van der Waals surface area contributed by atoms with E-state index in [0.29, 0.717) is 24.6 Å². The van der Waals surface area contributed by atoms with Gasteiger partial charge in [0.15, 0.2) is 0 Å². The van der Waals surface area contributed by atoms with Gasteiger partial charge >= 0.3 is 0 Å². The molecule has 2 rings (SSSR count). The smallest absolute Gasteiger partial charge is 0.264 e. The lowest BCUT2D eigenvalue weighted by Gasteiger charge is -2.07. The third-order valence-corrected chi connectivity index (χ3v) is 4.11. The van der Waals surface area contributed by atoms with E-state index in [4.69, 9.17) is 10.7 Å². The van der Waals surface area contributed by atoms with E-state index >= 15 is 0 Å². The first-order chi connectivity index (χ1) is 8.79. The lowest BCUT2D eigenvalue weighted by molar-refractivity contribution is 0.0947. The Hall–Kier alpha value is -1.21. The van der Waals surface area contributed by atoms with Crippen molar-refractivity contribution in [1.82, 2.24) is 5.32 Å². The molecule has 0 spiro atoms. The van der Waals surface area contributed by atoms with Gasteiger partial charge in [-0.2, -0.15) is 0 Å². The third kappa shape index (κ3) is 3.42. The summed E-state index contributed by atoms with van der Waals surface area (Å²) in [4.78, 5) is 10.8. The van der Waals surface area contributed by atoms with Crippen molar-refractivity contribution in [3.8, 4) is 0 Å². The van der Waals surface area contributed by atoms with Crippen LogP contribution in [0.1, 0.15) is 23.2 Å². The van der Waals surface area contributed by atoms with Gasteiger partial charge in [0.1, 0.15) is 16.5 Å². The van der Waals surface area contributed by atoms with Crippen molar-refractivity contribution in [2.75, 3.05) is 6.54 Å². The summed E-state index contributed by atoms with van der Waals surface area (Å²) in [7, 11) is 0.634. The first-order valence-corrected chi connectivity index (χ1v) is 7.82. The largest absolute Gasteiger partial charge is 0.352 e. The summed E-state index contributed by atoms with van der Waals surface area (Å²) in [6.07, 6.45) is 1.99. The molecule has 0 aliphatic heterocycles. The molecule has 4 nitrogen and oxygen atoms in total. The molecule has 8 heteroatoms. The maximum absolute atomic E-state index is 13.5. The minimum atomic E-state index is -4.37. The van der Waals surface area contributed by atoms with Crippen LogP contribution in [0.15, 0.2) is 17.0 Å². The van der Waals surface area contributed by atoms with Gasteiger partial charge in [0.05, 0.1) is 5.56 Å². The normalized spacial score (nSPS) is 15.3. The van der Waals surface area contributed by atoms with Gasteiger partial charge in [-0.25, -0.2) is 17.2 Å². The highest BCUT2D eigenvalue weighted by Gasteiger charge is 2.25. The highest BCUT2D eigenvalue weighted by Crippen LogP contribution is 2.28. The number of benzene rings is 1. The van der Waals surface area contributed by atoms with Crippen LogP contribution < -0.4 is 5.32 Å². The van der Waals surface area contributed by atoms with Gasteiger partial charge in [-0.15, -0.1) is 0 Å². The average molecular weight is 310 g/mol. The van der Waals surface area contributed by atoms with Crippen molar-refractivity contribution in [3.63, 3.8) is 0 Å². The number of nitrogens with one attached hydrogen (secondary N) is 1. The Bertz CT molecular complexity index is 629. The first kappa shape index (κ1) is 14.2. The van der Waals surface area contributed by atoms with Crippen LogP contribution in [0.25, 0.3) is 0 Å². The molecule has 0 radical (unpaired) electrons. The van der Waals surface area contributed by atoms with Gasteiger partial charge in [-0.05, 0) is 24.8 Å². The van der Waals surface area contributed by atoms with E-state index in [1.807, 2.05) is 0 Å². The number of hydrogen-bond acceptors (Lipinski definition) is 3. The molecular formula is C11H10ClF2NO3S. The summed E-state index contributed by atoms with van der Waals surface area (Å²) in [5, 5.41) is 2.46. The van der Waals surface area contributed by atoms with Crippen LogP contribution in [-0.4, -0.2) is 20.9 Å². The second-order valence-corrected chi connectivity index (χ2v) is 6.89. The van der Waals surface area contributed by atoms with Crippen molar-refractivity contribution in [1.29, 1.82) is 0 Å². The van der Waals surface area contributed by atoms with Crippen LogP contribution >= 0.6 is 10.7 Å². The molecule has 1 aliphatic rings. The molecule has 1 aliphatic carbocycles. The molecule has 1 fully saturated rings. The summed E-state index contributed by atoms with van der Waals surface area (Å²) in [5.41, 5.74) is -0.540. The molecule has 0 saturated heterocycles. The highest BCUT2D eigenvalue weighted by molar-refractivity contribution is 8.13. The molecule has 1 aromatic rings. The molecule has 0 atom stereocenters. The molecule has 0 bridgehead atoms. The van der Waals surface area contributed by atoms with Crippen LogP contribution in [0.2, 0.25) is 0 Å². The summed E-state index contributed by atoms with van der Waals surface area (Å²) in [6.45, 7) is 0.388. The van der Waals surface area contributed by atoms with E-state index in [-0.39, 0.29) is 0 Å². The lowest BCUT2D eigenvalue weighted by Crippen LogP contribution is -2.26. The average Bonchev–Trinajstić information content (AvgIpc) is 3.07. The fourth-order valence-electron chi connectivity index (χ4n) is 1.54. The molecular weight excluding hydrogens is 300 g/mol. The SMILES string of the molecule is O=C(NCC1CC1)c1cc(S(=O)(=O)Cl)c(F)cc1F. The molecule has 104 valence electrons. The van der Waals surface area contributed by atoms with Crippen LogP contribution in [0.5, 0.6) is 0 Å². The molecule has 0 aromatic heterocycles. The predicted molar refractivity (Wildman–Crippen MR) is 64.5 cm³/mol. The van der Waals surface area contributed by atoms with Crippen LogP contribution in [-0.2, 0) is 9.05 Å². The number of carbonyl (C=O) groups excluding carboxylic acids is 1. The fraction of sp³-hybridized carbons (Fsp3) is 0.364. The van der Waals surface area contributed by atoms with Crippen LogP contribution in [0.3, 0.4) is 0 Å². The standard InChI is InChI=1S/C11H10ClF2NO3S/c12-19(17,18)10-3-7(8(13)4-9(10)14)11(16)15-5-6-1-2-6/h3-4,6H,1-2,5H2,(H,15,16). The Labute approximate surface area is 113 Å². The van der Waals surface area contributed by atoms with Crippen LogP contribution in [0.4, 0.5) is 8.78 Å². The minimum Gasteiger partial charge on any atom is -0.352 e. The topological polar surface area (TPSA) is 63.2 Å². The van der Waals surface area contributed by atoms with Crippen molar-refractivity contribution in [2.24, 2.45) is 5.92 Å². The zero-order chi connectivity index (χ0) is 14.2. The first-order valence-electron chi connectivity index (χ1n) is 5.51. The van der Waals surface area contributed by atoms with E-state index in [0.717, 1.165) is 12.8 Å². The van der Waals surface area contributed by atoms with E-state index in [9.17, 15) is 22.0 Å². The maximum Gasteiger partial charge on any atom is 0.264 e. The number of rotatable bonds is 4. The monoisotopic (exact) mass is 309 g/mol. The zero-order valence-electron chi connectivity index (χ0n) is 9.62. The minimum absolute atomic E-state index is 0.335. The quantitative estimate of drug-likeness (QED) is 0.866. The van der Waals surface area contributed by atoms with E-state index < -0.39 is 37.1 Å². The fourth-order valence-corrected chi connectivity index (χ4v) is 2.45. The van der Waals surface area contributed by atoms with Gasteiger partial charge in [-0.3, -0.25) is 4.79 Å². The van der Waals surface area contributed by atoms with Gasteiger partial charge in [-0.1, -0.05) is 0 Å². The van der Waals surface area contributed by atoms with Gasteiger partial charge in [0.25, 0.3) is 15.0 Å². The summed E-state index contributed by atoms with van der Waals surface area (Å²) >= 11 is 0. The molecule has 1 aromatic carbocycles. The summed E-state index contributed by atoms with van der Waals surface area (Å²) in [5.74, 6) is -2.87. The Morgan fingerprint density at radius 2 is 1.95 bits per heavy atom. The van der Waals surface area contributed by atoms with Gasteiger partial charge in [0.2, 0.25) is 0 Å². The number of hydrogen-bond donors (Lipinski definition) is 1. The molecule has 1 N–H and O–H groups in total. The van der Waals surface area contributed by atoms with E-state index in [1.54, 1.807) is 0 Å². The molecule has 1 amide bonds. The van der Waals surface area contributed by atoms with E-state index in [1.165, 1.54) is 0 Å². The second kappa shape index (κ2) is 5.05. The molecule has 0 unspecified atom stereocenters. The van der Waals surface area contributed by atoms with E-state index in [2.05, 4.69) is 5.32 Å². The van der Waals surface area contributed by atoms with Crippen molar-refractivity contribution in [3.05, 3.63) is 29.3 Å². The molecule has 19 heavy (non-hydrogen) atoms. The van der Waals surface area contributed by atoms with Gasteiger partial charge in [0, 0.05) is 23.3 Å². The maximum atomic E-state index is 13.5. The van der Waals surface area contributed by atoms with Crippen molar-refractivity contribution < 1.29 is 22.0 Å². The summed E-state index contributed by atoms with van der Waals surface area (Å²) < 4.78 is 48.9. The second-order valence-electron chi connectivity index (χ2n) is 4.35. The predicted octanol–water partition coefficient (Wildman–Crippen LogP) is 2.03. The Balaban J connectivity index is 2.30. The Morgan fingerprint density at radius 1 is 1.32 bits per heavy atom. The van der Waals surface area contributed by atoms with Crippen LogP contribution in [0, 0.1) is 17.6 Å². The van der Waals surface area contributed by atoms with Crippen molar-refractivity contribution in [2.45, 2.75) is 17.7 Å². The zero-order valence-corrected chi connectivity index (χ0v) is 11.2. The third-order valence-electron chi connectivity index (χ3n) is 2.78. The molecule has 0 heterocycles. The number of carbonyl (C=O) groups is 1. The highest BCUT2D eigenvalue weighted by atomic mass is 35.7. The number of amides is 1. The molecule has 1 saturated carbocycles. The lowest BCUT2D eigenvalue weighted by atomic mass is 10.2. The van der Waals surface area contributed by atoms with Crippen molar-refractivity contribution >= 4 is 25.6 Å². The van der Waals surface area contributed by atoms with Gasteiger partial charge < -0.3 is 5.32 Å². The number of halogens is 3. The Morgan fingerprint density at radius 3 is 2.47 bits per heavy atom.